The second-order valence-electron chi connectivity index (χ2n) is 0.854. The molecule has 33 valence electrons. The molecular weight excluding hydrogens is 135 g/mol. The molecule has 0 fully saturated rings. The second kappa shape index (κ2) is 16.5. The number of hydrogen-bond donors (Lipinski definition) is 0. The van der Waals surface area contributed by atoms with Crippen LogP contribution in [0.2, 0.25) is 0 Å². The van der Waals surface area contributed by atoms with Crippen molar-refractivity contribution >= 4 is 29.5 Å². The van der Waals surface area contributed by atoms with E-state index in [9.17, 15) is 0 Å². The molecule has 0 amide bonds. The molecule has 2 heteroatoms. The van der Waals surface area contributed by atoms with Gasteiger partial charge in [0.15, 0.2) is 0 Å². The summed E-state index contributed by atoms with van der Waals surface area (Å²) in [5.74, 6) is 0. The van der Waals surface area contributed by atoms with E-state index in [-0.39, 0.29) is 0 Å². The predicted molar refractivity (Wildman–Crippen MR) is 34.9 cm³/mol. The molecule has 0 spiro atoms. The summed E-state index contributed by atoms with van der Waals surface area (Å²) >= 11 is 4.75. The SMILES string of the molecule is [CH2]CCC.[Li][Br]. The fraction of sp³-hybridized carbons (Fsp3) is 0.750. The van der Waals surface area contributed by atoms with Crippen LogP contribution in [0.25, 0.3) is 0 Å². The summed E-state index contributed by atoms with van der Waals surface area (Å²) in [6.45, 7) is 5.72. The van der Waals surface area contributed by atoms with E-state index >= 15 is 0 Å². The van der Waals surface area contributed by atoms with Crippen LogP contribution in [0.3, 0.4) is 0 Å². The number of rotatable bonds is 1. The molecule has 0 heterocycles. The van der Waals surface area contributed by atoms with Crippen LogP contribution >= 0.6 is 13.7 Å². The quantitative estimate of drug-likeness (QED) is 0.494. The average Bonchev–Trinajstić information content (AvgIpc) is 1.72. The predicted octanol–water partition coefficient (Wildman–Crippen LogP) is 2.09. The van der Waals surface area contributed by atoms with Crippen LogP contribution in [0.15, 0.2) is 0 Å². The Balaban J connectivity index is 0. The molecule has 0 atom stereocenters. The second-order valence-corrected chi connectivity index (χ2v) is 0.854. The van der Waals surface area contributed by atoms with Crippen LogP contribution < -0.4 is 0 Å². The van der Waals surface area contributed by atoms with E-state index < -0.39 is 0 Å². The minimum atomic E-state index is 1.07. The molecule has 1 radical (unpaired) electrons. The Bertz CT molecular complexity index is 9.51. The first kappa shape index (κ1) is 10.1. The zero-order valence-electron chi connectivity index (χ0n) is 4.50. The van der Waals surface area contributed by atoms with Crippen LogP contribution in [0, 0.1) is 6.92 Å². The van der Waals surface area contributed by atoms with Crippen molar-refractivity contribution in [2.75, 3.05) is 0 Å². The number of hydrogen-bond acceptors (Lipinski definition) is 0. The molecular formula is C4H9BrLi. The summed E-state index contributed by atoms with van der Waals surface area (Å²) in [4.78, 5) is 0. The maximum absolute atomic E-state index is 3.60. The van der Waals surface area contributed by atoms with Gasteiger partial charge in [-0.05, 0) is 0 Å². The van der Waals surface area contributed by atoms with E-state index in [0.717, 1.165) is 6.42 Å². The van der Waals surface area contributed by atoms with E-state index in [1.54, 1.807) is 0 Å². The van der Waals surface area contributed by atoms with Crippen molar-refractivity contribution in [2.45, 2.75) is 19.8 Å². The number of unbranched alkanes of at least 4 members (excludes halogenated alkanes) is 1. The molecule has 0 aliphatic carbocycles. The Morgan fingerprint density at radius 3 is 1.83 bits per heavy atom. The third-order valence-corrected chi connectivity index (χ3v) is 0.354. The molecule has 0 aliphatic heterocycles. The first-order chi connectivity index (χ1) is 2.91. The standard InChI is InChI=1S/C4H9.BrH.Li/c1-3-4-2;;/h1,3-4H2,2H3;1H;/q;;+1/p-1. The summed E-state index contributed by atoms with van der Waals surface area (Å²) in [6, 6.07) is 0. The Labute approximate surface area is 56.3 Å². The topological polar surface area (TPSA) is 0 Å². The van der Waals surface area contributed by atoms with Gasteiger partial charge in [0.1, 0.15) is 0 Å². The van der Waals surface area contributed by atoms with Gasteiger partial charge in [0.05, 0.1) is 0 Å². The van der Waals surface area contributed by atoms with Crippen molar-refractivity contribution in [3.63, 3.8) is 0 Å². The number of halogens is 1. The van der Waals surface area contributed by atoms with Crippen LogP contribution in [-0.4, -0.2) is 15.8 Å². The molecule has 0 aliphatic rings. The van der Waals surface area contributed by atoms with Gasteiger partial charge in [-0.3, -0.25) is 0 Å². The van der Waals surface area contributed by atoms with Crippen molar-refractivity contribution in [3.8, 4) is 0 Å². The maximum atomic E-state index is 3.60. The Morgan fingerprint density at radius 2 is 1.83 bits per heavy atom. The van der Waals surface area contributed by atoms with E-state index in [1.807, 2.05) is 15.8 Å². The Kier molecular flexibility index (Phi) is 28.0. The van der Waals surface area contributed by atoms with Gasteiger partial charge < -0.3 is 0 Å². The van der Waals surface area contributed by atoms with Crippen LogP contribution in [0.5, 0.6) is 0 Å². The van der Waals surface area contributed by atoms with Gasteiger partial charge in [0.2, 0.25) is 0 Å². The van der Waals surface area contributed by atoms with Gasteiger partial charge in [-0.15, -0.1) is 0 Å². The van der Waals surface area contributed by atoms with Crippen molar-refractivity contribution in [1.82, 2.24) is 0 Å². The van der Waals surface area contributed by atoms with Crippen molar-refractivity contribution in [1.29, 1.82) is 0 Å². The molecule has 0 saturated carbocycles. The zero-order valence-corrected chi connectivity index (χ0v) is 6.09. The fourth-order valence-corrected chi connectivity index (χ4v) is 0. The fourth-order valence-electron chi connectivity index (χ4n) is 0. The minimum absolute atomic E-state index is 1.07. The molecule has 0 aromatic heterocycles. The molecule has 0 saturated heterocycles. The molecule has 0 bridgehead atoms. The van der Waals surface area contributed by atoms with Crippen LogP contribution in [0.4, 0.5) is 0 Å². The summed E-state index contributed by atoms with van der Waals surface area (Å²) in [5.41, 5.74) is 0. The molecule has 0 nitrogen and oxygen atoms in total. The molecule has 0 aromatic carbocycles. The molecule has 6 heavy (non-hydrogen) atoms. The summed E-state index contributed by atoms with van der Waals surface area (Å²) in [7, 11) is 0. The first-order valence-electron chi connectivity index (χ1n) is 2.09. The van der Waals surface area contributed by atoms with Crippen molar-refractivity contribution in [3.05, 3.63) is 6.92 Å². The summed E-state index contributed by atoms with van der Waals surface area (Å²) in [6.07, 6.45) is 2.28. The third-order valence-electron chi connectivity index (χ3n) is 0.354. The van der Waals surface area contributed by atoms with E-state index in [2.05, 4.69) is 27.6 Å². The van der Waals surface area contributed by atoms with E-state index in [0.29, 0.717) is 0 Å². The molecule has 0 rings (SSSR count). The average molecular weight is 144 g/mol. The van der Waals surface area contributed by atoms with E-state index in [4.69, 9.17) is 0 Å². The summed E-state index contributed by atoms with van der Waals surface area (Å²) < 4.78 is 0. The third kappa shape index (κ3) is 19.6. The monoisotopic (exact) mass is 143 g/mol. The van der Waals surface area contributed by atoms with Gasteiger partial charge >= 0.3 is 29.5 Å². The van der Waals surface area contributed by atoms with Crippen LogP contribution in [0.1, 0.15) is 19.8 Å². The van der Waals surface area contributed by atoms with Crippen LogP contribution in [-0.2, 0) is 0 Å². The van der Waals surface area contributed by atoms with Gasteiger partial charge in [0, 0.05) is 0 Å². The van der Waals surface area contributed by atoms with Gasteiger partial charge in [-0.1, -0.05) is 26.7 Å². The zero-order chi connectivity index (χ0) is 5.41. The molecule has 0 aromatic rings. The normalized spacial score (nSPS) is 6.17. The van der Waals surface area contributed by atoms with E-state index in [1.165, 1.54) is 6.42 Å². The van der Waals surface area contributed by atoms with Crippen molar-refractivity contribution in [2.24, 2.45) is 0 Å². The van der Waals surface area contributed by atoms with Gasteiger partial charge in [0.25, 0.3) is 0 Å². The van der Waals surface area contributed by atoms with Gasteiger partial charge in [-0.25, -0.2) is 0 Å². The summed E-state index contributed by atoms with van der Waals surface area (Å²) in [5, 5.41) is 0. The van der Waals surface area contributed by atoms with Crippen molar-refractivity contribution < 1.29 is 0 Å². The molecule has 0 N–H and O–H groups in total. The van der Waals surface area contributed by atoms with Gasteiger partial charge in [-0.2, -0.15) is 0 Å². The first-order valence-corrected chi connectivity index (χ1v) is 3.67. The Morgan fingerprint density at radius 1 is 1.67 bits per heavy atom. The Hall–Kier alpha value is 1.08. The molecule has 0 unspecified atom stereocenters.